The number of carbonyl (C=O) groups excluding carboxylic acids is 2. The molecule has 4 N–H and O–H groups in total. The molecule has 0 radical (unpaired) electrons. The summed E-state index contributed by atoms with van der Waals surface area (Å²) in [5.74, 6) is -4.21. The van der Waals surface area contributed by atoms with Crippen molar-refractivity contribution in [3.63, 3.8) is 0 Å². The predicted molar refractivity (Wildman–Crippen MR) is 128 cm³/mol. The summed E-state index contributed by atoms with van der Waals surface area (Å²) >= 11 is 0. The van der Waals surface area contributed by atoms with Crippen LogP contribution in [0.15, 0.2) is 48.9 Å². The number of hydrogen-bond donors (Lipinski definition) is 3. The molecular weight excluding hydrogens is 494 g/mol. The van der Waals surface area contributed by atoms with Crippen LogP contribution in [0.1, 0.15) is 33.3 Å². The summed E-state index contributed by atoms with van der Waals surface area (Å²) in [5, 5.41) is 0.270. The lowest BCUT2D eigenvalue weighted by Crippen LogP contribution is -2.32. The minimum absolute atomic E-state index is 0.0666. The molecule has 0 saturated carbocycles. The first kappa shape index (κ1) is 24.9. The van der Waals surface area contributed by atoms with E-state index >= 15 is 4.39 Å². The van der Waals surface area contributed by atoms with E-state index in [0.29, 0.717) is 11.1 Å². The topological polar surface area (TPSA) is 151 Å². The summed E-state index contributed by atoms with van der Waals surface area (Å²) in [7, 11) is -2.83. The van der Waals surface area contributed by atoms with Gasteiger partial charge in [-0.15, -0.1) is 0 Å². The molecule has 0 aliphatic heterocycles. The van der Waals surface area contributed by atoms with Gasteiger partial charge in [0, 0.05) is 54.3 Å². The van der Waals surface area contributed by atoms with E-state index in [1.54, 1.807) is 19.1 Å². The molecule has 0 fully saturated rings. The molecule has 0 saturated heterocycles. The second kappa shape index (κ2) is 9.43. The number of halogens is 2. The van der Waals surface area contributed by atoms with Gasteiger partial charge in [-0.05, 0) is 24.3 Å². The van der Waals surface area contributed by atoms with E-state index in [1.807, 2.05) is 4.72 Å². The van der Waals surface area contributed by atoms with Gasteiger partial charge in [-0.3, -0.25) is 19.3 Å². The SMILES string of the molecule is CCN(C)S(=O)(=O)Nc1ccc(F)c(C(=O)c2c[nH]c3ncc(-c4ccc(C(N)=O)nc4)cc23)c1F. The predicted octanol–water partition coefficient (Wildman–Crippen LogP) is 2.84. The van der Waals surface area contributed by atoms with E-state index in [0.717, 1.165) is 16.4 Å². The van der Waals surface area contributed by atoms with E-state index < -0.39 is 44.8 Å². The maximum absolute atomic E-state index is 15.2. The molecule has 3 aromatic heterocycles. The number of nitrogens with one attached hydrogen (secondary N) is 2. The quantitative estimate of drug-likeness (QED) is 0.308. The Balaban J connectivity index is 1.76. The molecule has 0 spiro atoms. The maximum atomic E-state index is 15.2. The molecule has 4 aromatic rings. The number of aromatic nitrogens is 3. The summed E-state index contributed by atoms with van der Waals surface area (Å²) < 4.78 is 57.5. The Morgan fingerprint density at radius 1 is 1.11 bits per heavy atom. The number of nitrogens with two attached hydrogens (primary N) is 1. The van der Waals surface area contributed by atoms with Crippen LogP contribution < -0.4 is 10.5 Å². The Labute approximate surface area is 204 Å². The number of nitrogens with zero attached hydrogens (tertiary/aromatic N) is 3. The van der Waals surface area contributed by atoms with Crippen LogP contribution in [-0.2, 0) is 10.2 Å². The number of primary amides is 1. The van der Waals surface area contributed by atoms with Gasteiger partial charge >= 0.3 is 10.2 Å². The average molecular weight is 515 g/mol. The zero-order valence-corrected chi connectivity index (χ0v) is 19.9. The van der Waals surface area contributed by atoms with Gasteiger partial charge in [0.05, 0.1) is 11.3 Å². The number of pyridine rings is 2. The van der Waals surface area contributed by atoms with Crippen LogP contribution in [0.5, 0.6) is 0 Å². The Bertz CT molecular complexity index is 1600. The lowest BCUT2D eigenvalue weighted by atomic mass is 10.00. The molecule has 0 aliphatic rings. The van der Waals surface area contributed by atoms with Crippen LogP contribution in [0.25, 0.3) is 22.2 Å². The van der Waals surface area contributed by atoms with Crippen LogP contribution in [0, 0.1) is 11.6 Å². The largest absolute Gasteiger partial charge is 0.364 e. The summed E-state index contributed by atoms with van der Waals surface area (Å²) in [4.78, 5) is 35.5. The minimum atomic E-state index is -4.12. The fourth-order valence-corrected chi connectivity index (χ4v) is 4.35. The van der Waals surface area contributed by atoms with Crippen LogP contribution >= 0.6 is 0 Å². The van der Waals surface area contributed by atoms with Crippen molar-refractivity contribution in [1.82, 2.24) is 19.3 Å². The number of hydrogen-bond acceptors (Lipinski definition) is 6. The zero-order chi connectivity index (χ0) is 26.2. The van der Waals surface area contributed by atoms with Crippen LogP contribution in [-0.4, -0.2) is 53.0 Å². The van der Waals surface area contributed by atoms with E-state index in [2.05, 4.69) is 15.0 Å². The molecule has 36 heavy (non-hydrogen) atoms. The summed E-state index contributed by atoms with van der Waals surface area (Å²) in [6.07, 6.45) is 4.16. The minimum Gasteiger partial charge on any atom is -0.364 e. The molecule has 0 unspecified atom stereocenters. The lowest BCUT2D eigenvalue weighted by Gasteiger charge is -2.17. The highest BCUT2D eigenvalue weighted by Gasteiger charge is 2.27. The Morgan fingerprint density at radius 2 is 1.83 bits per heavy atom. The van der Waals surface area contributed by atoms with E-state index in [1.165, 1.54) is 31.7 Å². The van der Waals surface area contributed by atoms with Crippen LogP contribution in [0.4, 0.5) is 14.5 Å². The lowest BCUT2D eigenvalue weighted by molar-refractivity contribution is 0.0993. The number of amides is 1. The third kappa shape index (κ3) is 4.53. The van der Waals surface area contributed by atoms with E-state index in [9.17, 15) is 22.4 Å². The van der Waals surface area contributed by atoms with Gasteiger partial charge in [-0.25, -0.2) is 13.8 Å². The normalized spacial score (nSPS) is 11.7. The van der Waals surface area contributed by atoms with Crippen LogP contribution in [0.2, 0.25) is 0 Å². The fourth-order valence-electron chi connectivity index (χ4n) is 3.42. The first-order chi connectivity index (χ1) is 17.0. The Morgan fingerprint density at radius 3 is 2.47 bits per heavy atom. The second-order valence-electron chi connectivity index (χ2n) is 7.75. The van der Waals surface area contributed by atoms with Gasteiger partial charge < -0.3 is 10.7 Å². The van der Waals surface area contributed by atoms with Crippen molar-refractivity contribution < 1.29 is 26.8 Å². The number of rotatable bonds is 8. The van der Waals surface area contributed by atoms with Crippen molar-refractivity contribution in [2.45, 2.75) is 6.92 Å². The van der Waals surface area contributed by atoms with Crippen molar-refractivity contribution in [2.24, 2.45) is 5.73 Å². The van der Waals surface area contributed by atoms with Gasteiger partial charge in [0.2, 0.25) is 5.78 Å². The zero-order valence-electron chi connectivity index (χ0n) is 19.0. The highest BCUT2D eigenvalue weighted by Crippen LogP contribution is 2.29. The standard InChI is InChI=1S/C23H20F2N6O4S/c1-3-31(2)36(34,35)30-17-7-5-16(24)19(20(17)25)21(32)15-11-29-23-14(15)8-13(10-28-23)12-4-6-18(22(26)33)27-9-12/h4-11,30H,3H2,1-2H3,(H2,26,33)(H,28,29). The molecule has 0 aliphatic carbocycles. The van der Waals surface area contributed by atoms with Crippen molar-refractivity contribution in [2.75, 3.05) is 18.3 Å². The monoisotopic (exact) mass is 514 g/mol. The van der Waals surface area contributed by atoms with Gasteiger partial charge in [0.1, 0.15) is 17.2 Å². The van der Waals surface area contributed by atoms with Gasteiger partial charge in [-0.1, -0.05) is 13.0 Å². The number of anilines is 1. The molecule has 0 atom stereocenters. The molecule has 1 aromatic carbocycles. The molecule has 0 bridgehead atoms. The number of H-pyrrole nitrogens is 1. The van der Waals surface area contributed by atoms with Gasteiger partial charge in [0.25, 0.3) is 5.91 Å². The number of carbonyl (C=O) groups is 2. The summed E-state index contributed by atoms with van der Waals surface area (Å²) in [6, 6.07) is 6.31. The first-order valence-corrected chi connectivity index (χ1v) is 12.0. The molecule has 4 rings (SSSR count). The second-order valence-corrected chi connectivity index (χ2v) is 9.53. The number of aromatic amines is 1. The summed E-state index contributed by atoms with van der Waals surface area (Å²) in [5.41, 5.74) is 5.06. The molecule has 3 heterocycles. The number of ketones is 1. The molecule has 10 nitrogen and oxygen atoms in total. The Hall–Kier alpha value is -4.23. The number of benzene rings is 1. The Kier molecular flexibility index (Phi) is 6.52. The highest BCUT2D eigenvalue weighted by atomic mass is 32.2. The van der Waals surface area contributed by atoms with Gasteiger partial charge in [-0.2, -0.15) is 12.7 Å². The van der Waals surface area contributed by atoms with Crippen LogP contribution in [0.3, 0.4) is 0 Å². The fraction of sp³-hybridized carbons (Fsp3) is 0.130. The van der Waals surface area contributed by atoms with E-state index in [-0.39, 0.29) is 28.8 Å². The van der Waals surface area contributed by atoms with Crippen molar-refractivity contribution >= 4 is 38.6 Å². The molecule has 186 valence electrons. The van der Waals surface area contributed by atoms with E-state index in [4.69, 9.17) is 5.73 Å². The molecule has 1 amide bonds. The van der Waals surface area contributed by atoms with Gasteiger partial charge in [0.15, 0.2) is 5.82 Å². The average Bonchev–Trinajstić information content (AvgIpc) is 3.28. The first-order valence-electron chi connectivity index (χ1n) is 10.5. The molecular formula is C23H20F2N6O4S. The smallest absolute Gasteiger partial charge is 0.301 e. The molecule has 13 heteroatoms. The van der Waals surface area contributed by atoms with Crippen molar-refractivity contribution in [3.8, 4) is 11.1 Å². The third-order valence-electron chi connectivity index (χ3n) is 5.54. The highest BCUT2D eigenvalue weighted by molar-refractivity contribution is 7.90. The summed E-state index contributed by atoms with van der Waals surface area (Å²) in [6.45, 7) is 1.69. The van der Waals surface area contributed by atoms with Crippen molar-refractivity contribution in [1.29, 1.82) is 0 Å². The van der Waals surface area contributed by atoms with Crippen molar-refractivity contribution in [3.05, 3.63) is 77.4 Å². The third-order valence-corrected chi connectivity index (χ3v) is 7.09. The maximum Gasteiger partial charge on any atom is 0.301 e. The number of fused-ring (bicyclic) bond motifs is 1.